The first-order valence-corrected chi connectivity index (χ1v) is 8.25. The Morgan fingerprint density at radius 1 is 1.33 bits per heavy atom. The molecule has 118 valence electrons. The molecule has 0 saturated heterocycles. The summed E-state index contributed by atoms with van der Waals surface area (Å²) in [7, 11) is -0.481. The summed E-state index contributed by atoms with van der Waals surface area (Å²) in [6.07, 6.45) is 0.510. The Kier molecular flexibility index (Phi) is 6.29. The Hall–Kier alpha value is -1.47. The van der Waals surface area contributed by atoms with Gasteiger partial charge in [0, 0.05) is 27.1 Å². The predicted octanol–water partition coefficient (Wildman–Crippen LogP) is 1.07. The van der Waals surface area contributed by atoms with Gasteiger partial charge in [0.05, 0.1) is 5.75 Å². The quantitative estimate of drug-likeness (QED) is 0.818. The monoisotopic (exact) mass is 316 g/mol. The summed E-state index contributed by atoms with van der Waals surface area (Å²) in [6.45, 7) is 2.08. The fraction of sp³-hybridized carbons (Fsp3) is 0.500. The fourth-order valence-electron chi connectivity index (χ4n) is 1.70. The Balaban J connectivity index is 2.35. The highest BCUT2D eigenvalue weighted by Gasteiger charge is 2.15. The second-order valence-electron chi connectivity index (χ2n) is 5.03. The number of carbonyl (C=O) groups excluding carboxylic acids is 1. The van der Waals surface area contributed by atoms with Crippen LogP contribution in [0.15, 0.2) is 18.2 Å². The number of sulfonamides is 1. The van der Waals surface area contributed by atoms with E-state index in [1.54, 1.807) is 19.1 Å². The van der Waals surface area contributed by atoms with Gasteiger partial charge in [-0.1, -0.05) is 12.1 Å². The average Bonchev–Trinajstić information content (AvgIpc) is 2.40. The SMILES string of the molecule is Cc1cc(CCNC(=O)CCS(=O)(=O)N(C)C)ccc1F. The molecule has 0 aliphatic heterocycles. The molecule has 0 atom stereocenters. The largest absolute Gasteiger partial charge is 0.356 e. The number of halogens is 1. The molecule has 0 aromatic heterocycles. The zero-order valence-corrected chi connectivity index (χ0v) is 13.3. The van der Waals surface area contributed by atoms with Crippen LogP contribution in [-0.4, -0.2) is 45.0 Å². The number of carbonyl (C=O) groups is 1. The molecule has 0 heterocycles. The lowest BCUT2D eigenvalue weighted by atomic mass is 10.1. The van der Waals surface area contributed by atoms with Crippen LogP contribution in [0.2, 0.25) is 0 Å². The minimum Gasteiger partial charge on any atom is -0.356 e. The van der Waals surface area contributed by atoms with Gasteiger partial charge in [-0.3, -0.25) is 4.79 Å². The van der Waals surface area contributed by atoms with E-state index >= 15 is 0 Å². The summed E-state index contributed by atoms with van der Waals surface area (Å²) in [5.41, 5.74) is 1.49. The lowest BCUT2D eigenvalue weighted by molar-refractivity contribution is -0.120. The number of hydrogen-bond acceptors (Lipinski definition) is 3. The summed E-state index contributed by atoms with van der Waals surface area (Å²) in [6, 6.07) is 4.80. The number of hydrogen-bond donors (Lipinski definition) is 1. The molecule has 1 aromatic carbocycles. The van der Waals surface area contributed by atoms with Gasteiger partial charge in [-0.15, -0.1) is 0 Å². The summed E-state index contributed by atoms with van der Waals surface area (Å²) in [5.74, 6) is -0.766. The molecule has 5 nitrogen and oxygen atoms in total. The first-order valence-electron chi connectivity index (χ1n) is 6.64. The smallest absolute Gasteiger partial charge is 0.221 e. The Morgan fingerprint density at radius 3 is 2.57 bits per heavy atom. The van der Waals surface area contributed by atoms with Gasteiger partial charge in [-0.05, 0) is 30.5 Å². The van der Waals surface area contributed by atoms with E-state index in [0.29, 0.717) is 18.5 Å². The molecule has 1 N–H and O–H groups in total. The molecule has 1 amide bonds. The fourth-order valence-corrected chi connectivity index (χ4v) is 2.51. The molecule has 0 spiro atoms. The van der Waals surface area contributed by atoms with Gasteiger partial charge in [0.25, 0.3) is 0 Å². The maximum atomic E-state index is 13.1. The Bertz CT molecular complexity index is 600. The molecule has 0 aliphatic carbocycles. The van der Waals surface area contributed by atoms with Crippen LogP contribution < -0.4 is 5.32 Å². The van der Waals surface area contributed by atoms with Crippen molar-refractivity contribution < 1.29 is 17.6 Å². The molecule has 0 bridgehead atoms. The van der Waals surface area contributed by atoms with Gasteiger partial charge in [0.1, 0.15) is 5.82 Å². The molecular weight excluding hydrogens is 295 g/mol. The highest BCUT2D eigenvalue weighted by Crippen LogP contribution is 2.09. The van der Waals surface area contributed by atoms with Crippen LogP contribution in [0.4, 0.5) is 4.39 Å². The minimum atomic E-state index is -3.35. The van der Waals surface area contributed by atoms with Crippen LogP contribution in [0.3, 0.4) is 0 Å². The standard InChI is InChI=1S/C14H21FN2O3S/c1-11-10-12(4-5-13(11)15)6-8-16-14(18)7-9-21(19,20)17(2)3/h4-5,10H,6-9H2,1-3H3,(H,16,18). The van der Waals surface area contributed by atoms with E-state index < -0.39 is 10.0 Å². The van der Waals surface area contributed by atoms with Crippen LogP contribution in [0.5, 0.6) is 0 Å². The van der Waals surface area contributed by atoms with Gasteiger partial charge in [-0.25, -0.2) is 17.1 Å². The molecule has 7 heteroatoms. The highest BCUT2D eigenvalue weighted by atomic mass is 32.2. The van der Waals surface area contributed by atoms with E-state index in [1.807, 2.05) is 0 Å². The summed E-state index contributed by atoms with van der Waals surface area (Å²) in [4.78, 5) is 11.6. The van der Waals surface area contributed by atoms with Crippen molar-refractivity contribution in [1.29, 1.82) is 0 Å². The minimum absolute atomic E-state index is 0.0665. The number of benzene rings is 1. The van der Waals surface area contributed by atoms with Crippen LogP contribution in [-0.2, 0) is 21.2 Å². The van der Waals surface area contributed by atoms with Crippen molar-refractivity contribution in [3.8, 4) is 0 Å². The predicted molar refractivity (Wildman–Crippen MR) is 79.9 cm³/mol. The van der Waals surface area contributed by atoms with E-state index in [1.165, 1.54) is 20.2 Å². The summed E-state index contributed by atoms with van der Waals surface area (Å²) < 4.78 is 37.2. The van der Waals surface area contributed by atoms with E-state index in [0.717, 1.165) is 9.87 Å². The Labute approximate surface area is 125 Å². The topological polar surface area (TPSA) is 66.5 Å². The molecule has 0 aliphatic rings. The number of aryl methyl sites for hydroxylation is 1. The summed E-state index contributed by atoms with van der Waals surface area (Å²) >= 11 is 0. The number of nitrogens with one attached hydrogen (secondary N) is 1. The van der Waals surface area contributed by atoms with E-state index in [-0.39, 0.29) is 23.9 Å². The number of nitrogens with zero attached hydrogens (tertiary/aromatic N) is 1. The molecule has 0 saturated carbocycles. The van der Waals surface area contributed by atoms with Gasteiger partial charge < -0.3 is 5.32 Å². The summed E-state index contributed by atoms with van der Waals surface area (Å²) in [5, 5.41) is 2.66. The van der Waals surface area contributed by atoms with E-state index in [9.17, 15) is 17.6 Å². The van der Waals surface area contributed by atoms with Crippen molar-refractivity contribution in [2.75, 3.05) is 26.4 Å². The maximum Gasteiger partial charge on any atom is 0.221 e. The lowest BCUT2D eigenvalue weighted by Gasteiger charge is -2.11. The normalized spacial score (nSPS) is 11.7. The third-order valence-electron chi connectivity index (χ3n) is 3.10. The Morgan fingerprint density at radius 2 is 2.00 bits per heavy atom. The van der Waals surface area contributed by atoms with Crippen molar-refractivity contribution in [1.82, 2.24) is 9.62 Å². The van der Waals surface area contributed by atoms with Gasteiger partial charge in [-0.2, -0.15) is 0 Å². The second kappa shape index (κ2) is 7.51. The lowest BCUT2D eigenvalue weighted by Crippen LogP contribution is -2.31. The molecule has 0 unspecified atom stereocenters. The van der Waals surface area contributed by atoms with Crippen molar-refractivity contribution in [2.24, 2.45) is 0 Å². The van der Waals surface area contributed by atoms with Gasteiger partial charge in [0.2, 0.25) is 15.9 Å². The second-order valence-corrected chi connectivity index (χ2v) is 7.33. The van der Waals surface area contributed by atoms with Crippen molar-refractivity contribution >= 4 is 15.9 Å². The van der Waals surface area contributed by atoms with Crippen molar-refractivity contribution in [3.05, 3.63) is 35.1 Å². The first kappa shape index (κ1) is 17.6. The van der Waals surface area contributed by atoms with E-state index in [4.69, 9.17) is 0 Å². The highest BCUT2D eigenvalue weighted by molar-refractivity contribution is 7.89. The third kappa shape index (κ3) is 5.81. The van der Waals surface area contributed by atoms with Gasteiger partial charge >= 0.3 is 0 Å². The van der Waals surface area contributed by atoms with Crippen molar-refractivity contribution in [3.63, 3.8) is 0 Å². The van der Waals surface area contributed by atoms with E-state index in [2.05, 4.69) is 5.32 Å². The molecule has 0 radical (unpaired) electrons. The molecule has 1 rings (SSSR count). The first-order chi connectivity index (χ1) is 9.72. The van der Waals surface area contributed by atoms with Crippen LogP contribution >= 0.6 is 0 Å². The van der Waals surface area contributed by atoms with Crippen LogP contribution in [0.25, 0.3) is 0 Å². The number of rotatable bonds is 7. The van der Waals surface area contributed by atoms with Crippen LogP contribution in [0.1, 0.15) is 17.5 Å². The van der Waals surface area contributed by atoms with Crippen molar-refractivity contribution in [2.45, 2.75) is 19.8 Å². The maximum absolute atomic E-state index is 13.1. The molecule has 21 heavy (non-hydrogen) atoms. The zero-order chi connectivity index (χ0) is 16.0. The average molecular weight is 316 g/mol. The molecule has 0 fully saturated rings. The molecule has 1 aromatic rings. The molecular formula is C14H21FN2O3S. The van der Waals surface area contributed by atoms with Gasteiger partial charge in [0.15, 0.2) is 0 Å². The van der Waals surface area contributed by atoms with Crippen LogP contribution in [0, 0.1) is 12.7 Å². The third-order valence-corrected chi connectivity index (χ3v) is 4.93. The number of amides is 1. The zero-order valence-electron chi connectivity index (χ0n) is 12.5.